The van der Waals surface area contributed by atoms with E-state index in [-0.39, 0.29) is 0 Å². The highest BCUT2D eigenvalue weighted by atomic mass is 16.5. The van der Waals surface area contributed by atoms with Crippen molar-refractivity contribution < 1.29 is 4.74 Å². The summed E-state index contributed by atoms with van der Waals surface area (Å²) in [5, 5.41) is 2.40. The van der Waals surface area contributed by atoms with Crippen LogP contribution in [0.4, 0.5) is 5.69 Å². The average molecular weight is 418 g/mol. The first-order valence-electron chi connectivity index (χ1n) is 10.8. The molecule has 0 spiro atoms. The second-order valence-electron chi connectivity index (χ2n) is 8.13. The second kappa shape index (κ2) is 7.50. The molecule has 0 N–H and O–H groups in total. The van der Waals surface area contributed by atoms with E-state index >= 15 is 0 Å². The molecule has 0 amide bonds. The van der Waals surface area contributed by atoms with Gasteiger partial charge in [-0.3, -0.25) is 0 Å². The van der Waals surface area contributed by atoms with Crippen molar-refractivity contribution in [3.05, 3.63) is 109 Å². The van der Waals surface area contributed by atoms with Crippen LogP contribution in [0.1, 0.15) is 0 Å². The van der Waals surface area contributed by atoms with Crippen LogP contribution in [0.5, 0.6) is 11.5 Å². The molecule has 0 aliphatic carbocycles. The van der Waals surface area contributed by atoms with Crippen molar-refractivity contribution in [2.24, 2.45) is 0 Å². The van der Waals surface area contributed by atoms with Crippen molar-refractivity contribution in [2.45, 2.75) is 0 Å². The Morgan fingerprint density at radius 2 is 1.38 bits per heavy atom. The molecule has 1 aliphatic rings. The summed E-state index contributed by atoms with van der Waals surface area (Å²) >= 11 is 0. The number of rotatable bonds is 4. The van der Waals surface area contributed by atoms with E-state index in [0.29, 0.717) is 0 Å². The van der Waals surface area contributed by atoms with Crippen molar-refractivity contribution in [1.29, 1.82) is 0 Å². The number of fused-ring (bicyclic) bond motifs is 3. The molecule has 0 saturated carbocycles. The van der Waals surface area contributed by atoms with Gasteiger partial charge < -0.3 is 19.1 Å². The lowest BCUT2D eigenvalue weighted by molar-refractivity contribution is 0.481. The number of para-hydroxylation sites is 2. The third-order valence-electron chi connectivity index (χ3n) is 5.92. The third-order valence-corrected chi connectivity index (χ3v) is 5.92. The Labute approximate surface area is 187 Å². The van der Waals surface area contributed by atoms with Crippen LogP contribution in [-0.2, 0) is 0 Å². The molecule has 156 valence electrons. The van der Waals surface area contributed by atoms with Crippen molar-refractivity contribution in [2.75, 3.05) is 18.6 Å². The van der Waals surface area contributed by atoms with Gasteiger partial charge in [0.1, 0.15) is 11.5 Å². The van der Waals surface area contributed by atoms with E-state index in [2.05, 4.69) is 113 Å². The zero-order valence-corrected chi connectivity index (χ0v) is 17.8. The van der Waals surface area contributed by atoms with Crippen molar-refractivity contribution in [3.63, 3.8) is 0 Å². The highest BCUT2D eigenvalue weighted by molar-refractivity contribution is 6.09. The van der Waals surface area contributed by atoms with E-state index < -0.39 is 0 Å². The van der Waals surface area contributed by atoms with E-state index in [1.165, 1.54) is 21.8 Å². The minimum atomic E-state index is 0.830. The van der Waals surface area contributed by atoms with E-state index in [1.54, 1.807) is 0 Å². The number of benzene rings is 4. The fourth-order valence-electron chi connectivity index (χ4n) is 4.43. The van der Waals surface area contributed by atoms with Gasteiger partial charge in [-0.25, -0.2) is 0 Å². The van der Waals surface area contributed by atoms with Crippen molar-refractivity contribution in [3.8, 4) is 17.2 Å². The van der Waals surface area contributed by atoms with Gasteiger partial charge in [-0.2, -0.15) is 0 Å². The number of hydrogen-bond donors (Lipinski definition) is 0. The lowest BCUT2D eigenvalue weighted by Gasteiger charge is -2.19. The van der Waals surface area contributed by atoms with Gasteiger partial charge in [0.2, 0.25) is 0 Å². The topological polar surface area (TPSA) is 20.6 Å². The van der Waals surface area contributed by atoms with Crippen LogP contribution >= 0.6 is 0 Å². The summed E-state index contributed by atoms with van der Waals surface area (Å²) in [6.45, 7) is 0.842. The fraction of sp³-hybridized carbons (Fsp3) is 0.0714. The Kier molecular flexibility index (Phi) is 4.36. The predicted molar refractivity (Wildman–Crippen MR) is 132 cm³/mol. The molecule has 0 bridgehead atoms. The van der Waals surface area contributed by atoms with Gasteiger partial charge in [0.25, 0.3) is 0 Å². The zero-order chi connectivity index (χ0) is 21.5. The van der Waals surface area contributed by atoms with Gasteiger partial charge in [0, 0.05) is 47.7 Å². The molecule has 0 fully saturated rings. The lowest BCUT2D eigenvalue weighted by Crippen LogP contribution is -2.21. The first-order valence-corrected chi connectivity index (χ1v) is 10.8. The SMILES string of the molecule is CN1C=CN(c2cccc(Oc3ccc4c(c3)c3ccccc3n4-c3ccccc3)c2)C1. The van der Waals surface area contributed by atoms with Crippen LogP contribution in [0, 0.1) is 0 Å². The Bertz CT molecular complexity index is 1450. The Balaban J connectivity index is 1.41. The molecule has 2 heterocycles. The van der Waals surface area contributed by atoms with E-state index in [9.17, 15) is 0 Å². The average Bonchev–Trinajstić information content (AvgIpc) is 3.41. The number of anilines is 1. The normalized spacial score (nSPS) is 13.4. The summed E-state index contributed by atoms with van der Waals surface area (Å²) in [5.74, 6) is 1.66. The molecule has 32 heavy (non-hydrogen) atoms. The fourth-order valence-corrected chi connectivity index (χ4v) is 4.43. The van der Waals surface area contributed by atoms with Crippen molar-refractivity contribution >= 4 is 27.5 Å². The van der Waals surface area contributed by atoms with Crippen LogP contribution in [0.25, 0.3) is 27.5 Å². The minimum absolute atomic E-state index is 0.830. The highest BCUT2D eigenvalue weighted by Gasteiger charge is 2.14. The molecule has 0 saturated heterocycles. The molecule has 4 nitrogen and oxygen atoms in total. The second-order valence-corrected chi connectivity index (χ2v) is 8.13. The van der Waals surface area contributed by atoms with Gasteiger partial charge in [-0.15, -0.1) is 0 Å². The van der Waals surface area contributed by atoms with Crippen LogP contribution in [0.15, 0.2) is 109 Å². The lowest BCUT2D eigenvalue weighted by atomic mass is 10.1. The molecular weight excluding hydrogens is 394 g/mol. The zero-order valence-electron chi connectivity index (χ0n) is 17.8. The summed E-state index contributed by atoms with van der Waals surface area (Å²) in [5.41, 5.74) is 4.63. The standard InChI is InChI=1S/C28H23N3O/c1-29-16-17-30(20-29)22-10-7-11-23(18-22)32-24-14-15-28-26(19-24)25-12-5-6-13-27(25)31(28)21-8-3-2-4-9-21/h2-19H,20H2,1H3. The number of hydrogen-bond acceptors (Lipinski definition) is 3. The predicted octanol–water partition coefficient (Wildman–Crippen LogP) is 6.76. The summed E-state index contributed by atoms with van der Waals surface area (Å²) < 4.78 is 8.61. The molecule has 0 atom stereocenters. The molecule has 0 unspecified atom stereocenters. The van der Waals surface area contributed by atoms with Crippen LogP contribution in [-0.4, -0.2) is 23.2 Å². The van der Waals surface area contributed by atoms with Gasteiger partial charge >= 0.3 is 0 Å². The van der Waals surface area contributed by atoms with E-state index in [1.807, 2.05) is 18.2 Å². The van der Waals surface area contributed by atoms with E-state index in [4.69, 9.17) is 4.74 Å². The molecule has 5 aromatic rings. The molecule has 0 radical (unpaired) electrons. The maximum Gasteiger partial charge on any atom is 0.129 e. The van der Waals surface area contributed by atoms with E-state index in [0.717, 1.165) is 29.5 Å². The maximum absolute atomic E-state index is 6.30. The van der Waals surface area contributed by atoms with Gasteiger partial charge in [-0.05, 0) is 48.5 Å². The first kappa shape index (κ1) is 18.6. The molecule has 1 aromatic heterocycles. The summed E-state index contributed by atoms with van der Waals surface area (Å²) in [6, 6.07) is 33.6. The van der Waals surface area contributed by atoms with Crippen LogP contribution in [0.3, 0.4) is 0 Å². The number of ether oxygens (including phenoxy) is 1. The van der Waals surface area contributed by atoms with Crippen LogP contribution < -0.4 is 9.64 Å². The number of nitrogens with zero attached hydrogens (tertiary/aromatic N) is 3. The molecular formula is C28H23N3O. The third kappa shape index (κ3) is 3.17. The van der Waals surface area contributed by atoms with Gasteiger partial charge in [0.05, 0.1) is 17.7 Å². The molecule has 4 aromatic carbocycles. The van der Waals surface area contributed by atoms with Crippen LogP contribution in [0.2, 0.25) is 0 Å². The molecule has 6 rings (SSSR count). The quantitative estimate of drug-likeness (QED) is 0.322. The number of aromatic nitrogens is 1. The highest BCUT2D eigenvalue weighted by Crippen LogP contribution is 2.35. The Morgan fingerprint density at radius 1 is 0.625 bits per heavy atom. The summed E-state index contributed by atoms with van der Waals surface area (Å²) in [7, 11) is 2.07. The Hall–Kier alpha value is -4.18. The van der Waals surface area contributed by atoms with Gasteiger partial charge in [0.15, 0.2) is 0 Å². The summed E-state index contributed by atoms with van der Waals surface area (Å²) in [4.78, 5) is 4.34. The monoisotopic (exact) mass is 417 g/mol. The largest absolute Gasteiger partial charge is 0.457 e. The molecule has 4 heteroatoms. The maximum atomic E-state index is 6.30. The Morgan fingerprint density at radius 3 is 2.22 bits per heavy atom. The smallest absolute Gasteiger partial charge is 0.129 e. The first-order chi connectivity index (χ1) is 15.8. The van der Waals surface area contributed by atoms with Gasteiger partial charge in [-0.1, -0.05) is 42.5 Å². The summed E-state index contributed by atoms with van der Waals surface area (Å²) in [6.07, 6.45) is 4.16. The minimum Gasteiger partial charge on any atom is -0.457 e. The van der Waals surface area contributed by atoms with Crippen molar-refractivity contribution in [1.82, 2.24) is 9.47 Å². The molecule has 1 aliphatic heterocycles.